The maximum atomic E-state index is 10.9. The Morgan fingerprint density at radius 2 is 1.74 bits per heavy atom. The summed E-state index contributed by atoms with van der Waals surface area (Å²) < 4.78 is 5.43. The smallest absolute Gasteiger partial charge is 0.310 e. The fourth-order valence-corrected chi connectivity index (χ4v) is 2.80. The van der Waals surface area contributed by atoms with Crippen LogP contribution in [0.25, 0.3) is 0 Å². The highest BCUT2D eigenvalue weighted by atomic mass is 16.6. The number of benzene rings is 2. The van der Waals surface area contributed by atoms with Crippen LogP contribution < -0.4 is 4.74 Å². The van der Waals surface area contributed by atoms with Crippen LogP contribution >= 0.6 is 0 Å². The van der Waals surface area contributed by atoms with E-state index < -0.39 is 11.0 Å². The Kier molecular flexibility index (Phi) is 4.55. The molecule has 1 N–H and O–H groups in total. The van der Waals surface area contributed by atoms with Gasteiger partial charge in [0, 0.05) is 25.7 Å². The molecule has 6 heteroatoms. The molecule has 1 atom stereocenters. The van der Waals surface area contributed by atoms with Crippen molar-refractivity contribution in [2.75, 3.05) is 13.2 Å². The molecule has 0 aliphatic carbocycles. The molecule has 0 aromatic heterocycles. The van der Waals surface area contributed by atoms with Gasteiger partial charge in [-0.2, -0.15) is 0 Å². The molecule has 2 aromatic carbocycles. The van der Waals surface area contributed by atoms with Crippen LogP contribution in [0.2, 0.25) is 0 Å². The largest absolute Gasteiger partial charge is 0.484 e. The van der Waals surface area contributed by atoms with Gasteiger partial charge in [0.15, 0.2) is 5.75 Å². The first kappa shape index (κ1) is 15.5. The minimum absolute atomic E-state index is 0.0255. The summed E-state index contributed by atoms with van der Waals surface area (Å²) in [5.41, 5.74) is 2.46. The van der Waals surface area contributed by atoms with E-state index in [1.807, 2.05) is 12.1 Å². The van der Waals surface area contributed by atoms with Crippen LogP contribution in [0.1, 0.15) is 11.1 Å². The highest BCUT2D eigenvalue weighted by molar-refractivity contribution is 5.45. The van der Waals surface area contributed by atoms with E-state index in [1.54, 1.807) is 12.1 Å². The molecule has 1 aliphatic rings. The molecule has 3 rings (SSSR count). The van der Waals surface area contributed by atoms with Crippen LogP contribution in [0.4, 0.5) is 5.69 Å². The third-order valence-electron chi connectivity index (χ3n) is 3.87. The van der Waals surface area contributed by atoms with Crippen molar-refractivity contribution in [1.29, 1.82) is 0 Å². The monoisotopic (exact) mass is 314 g/mol. The fraction of sp³-hybridized carbons (Fsp3) is 0.294. The lowest BCUT2D eigenvalue weighted by Gasteiger charge is -2.19. The molecular formula is C17H18N2O4. The van der Waals surface area contributed by atoms with Gasteiger partial charge in [-0.25, -0.2) is 0 Å². The second kappa shape index (κ2) is 6.76. The number of nitrogens with zero attached hydrogens (tertiary/aromatic N) is 2. The van der Waals surface area contributed by atoms with E-state index in [0.29, 0.717) is 6.54 Å². The zero-order valence-electron chi connectivity index (χ0n) is 12.6. The summed E-state index contributed by atoms with van der Waals surface area (Å²) in [6.45, 7) is 2.10. The lowest BCUT2D eigenvalue weighted by molar-refractivity contribution is -0.385. The summed E-state index contributed by atoms with van der Waals surface area (Å²) in [7, 11) is 0. The van der Waals surface area contributed by atoms with E-state index >= 15 is 0 Å². The van der Waals surface area contributed by atoms with Gasteiger partial charge in [0.2, 0.25) is 0 Å². The first-order valence-corrected chi connectivity index (χ1v) is 7.47. The normalized spacial score (nSPS) is 15.2. The molecule has 0 saturated heterocycles. The van der Waals surface area contributed by atoms with E-state index in [2.05, 4.69) is 17.0 Å². The molecule has 0 fully saturated rings. The third kappa shape index (κ3) is 3.67. The number of nitro groups is 1. The number of nitro benzene ring substituents is 1. The van der Waals surface area contributed by atoms with Crippen LogP contribution in [0, 0.1) is 10.1 Å². The van der Waals surface area contributed by atoms with E-state index in [9.17, 15) is 15.2 Å². The number of fused-ring (bicyclic) bond motifs is 1. The Morgan fingerprint density at radius 3 is 2.39 bits per heavy atom. The van der Waals surface area contributed by atoms with Crippen LogP contribution in [0.5, 0.6) is 5.75 Å². The SMILES string of the molecule is O=[N+]([O-])c1ccccc1OCC(O)CN1Cc2ccccc2C1. The van der Waals surface area contributed by atoms with E-state index in [1.165, 1.54) is 23.3 Å². The molecule has 0 amide bonds. The van der Waals surface area contributed by atoms with Gasteiger partial charge in [-0.3, -0.25) is 15.0 Å². The number of para-hydroxylation sites is 2. The van der Waals surface area contributed by atoms with Gasteiger partial charge in [0.1, 0.15) is 12.7 Å². The Hall–Kier alpha value is -2.44. The first-order chi connectivity index (χ1) is 11.1. The molecule has 0 saturated carbocycles. The Bertz CT molecular complexity index is 679. The van der Waals surface area contributed by atoms with Crippen molar-refractivity contribution >= 4 is 5.69 Å². The van der Waals surface area contributed by atoms with Crippen LogP contribution in [-0.4, -0.2) is 34.2 Å². The number of rotatable bonds is 6. The molecule has 6 nitrogen and oxygen atoms in total. The zero-order chi connectivity index (χ0) is 16.2. The lowest BCUT2D eigenvalue weighted by Crippen LogP contribution is -2.32. The van der Waals surface area contributed by atoms with Gasteiger partial charge >= 0.3 is 5.69 Å². The Balaban J connectivity index is 1.53. The Labute approximate surface area is 134 Å². The van der Waals surface area contributed by atoms with E-state index in [4.69, 9.17) is 4.74 Å². The molecule has 23 heavy (non-hydrogen) atoms. The van der Waals surface area contributed by atoms with Crippen molar-refractivity contribution in [3.8, 4) is 5.75 Å². The molecule has 1 heterocycles. The van der Waals surface area contributed by atoms with Crippen molar-refractivity contribution in [2.24, 2.45) is 0 Å². The molecular weight excluding hydrogens is 296 g/mol. The predicted octanol–water partition coefficient (Wildman–Crippen LogP) is 2.35. The third-order valence-corrected chi connectivity index (χ3v) is 3.87. The maximum Gasteiger partial charge on any atom is 0.310 e. The van der Waals surface area contributed by atoms with Crippen molar-refractivity contribution in [1.82, 2.24) is 4.90 Å². The molecule has 0 spiro atoms. The summed E-state index contributed by atoms with van der Waals surface area (Å²) >= 11 is 0. The predicted molar refractivity (Wildman–Crippen MR) is 85.2 cm³/mol. The van der Waals surface area contributed by atoms with Crippen molar-refractivity contribution in [3.63, 3.8) is 0 Å². The van der Waals surface area contributed by atoms with Gasteiger partial charge in [-0.05, 0) is 17.2 Å². The standard InChI is InChI=1S/C17H18N2O4/c20-15(11-18-9-13-5-1-2-6-14(13)10-18)12-23-17-8-4-3-7-16(17)19(21)22/h1-8,15,20H,9-12H2. The van der Waals surface area contributed by atoms with Gasteiger partial charge < -0.3 is 9.84 Å². The molecule has 1 unspecified atom stereocenters. The molecule has 1 aliphatic heterocycles. The maximum absolute atomic E-state index is 10.9. The summed E-state index contributed by atoms with van der Waals surface area (Å²) in [5.74, 6) is 0.182. The number of hydrogen-bond acceptors (Lipinski definition) is 5. The topological polar surface area (TPSA) is 75.8 Å². The second-order valence-electron chi connectivity index (χ2n) is 5.63. The molecule has 0 bridgehead atoms. The van der Waals surface area contributed by atoms with Crippen LogP contribution in [-0.2, 0) is 13.1 Å². The van der Waals surface area contributed by atoms with Gasteiger partial charge in [0.05, 0.1) is 4.92 Å². The van der Waals surface area contributed by atoms with Crippen LogP contribution in [0.15, 0.2) is 48.5 Å². The van der Waals surface area contributed by atoms with E-state index in [0.717, 1.165) is 13.1 Å². The number of aliphatic hydroxyl groups excluding tert-OH is 1. The fourth-order valence-electron chi connectivity index (χ4n) is 2.80. The summed E-state index contributed by atoms with van der Waals surface area (Å²) in [6, 6.07) is 14.4. The average molecular weight is 314 g/mol. The summed E-state index contributed by atoms with van der Waals surface area (Å²) in [5, 5.41) is 21.1. The average Bonchev–Trinajstić information content (AvgIpc) is 2.95. The first-order valence-electron chi connectivity index (χ1n) is 7.47. The van der Waals surface area contributed by atoms with Crippen molar-refractivity contribution < 1.29 is 14.8 Å². The number of aliphatic hydroxyl groups is 1. The zero-order valence-corrected chi connectivity index (χ0v) is 12.6. The molecule has 120 valence electrons. The summed E-state index contributed by atoms with van der Waals surface area (Å²) in [6.07, 6.45) is -0.705. The number of ether oxygens (including phenoxy) is 1. The van der Waals surface area contributed by atoms with Crippen molar-refractivity contribution in [2.45, 2.75) is 19.2 Å². The quantitative estimate of drug-likeness (QED) is 0.654. The Morgan fingerprint density at radius 1 is 1.13 bits per heavy atom. The lowest BCUT2D eigenvalue weighted by atomic mass is 10.1. The number of hydrogen-bond donors (Lipinski definition) is 1. The summed E-state index contributed by atoms with van der Waals surface area (Å²) in [4.78, 5) is 12.6. The van der Waals surface area contributed by atoms with Crippen LogP contribution in [0.3, 0.4) is 0 Å². The molecule has 2 aromatic rings. The second-order valence-corrected chi connectivity index (χ2v) is 5.63. The minimum atomic E-state index is -0.705. The minimum Gasteiger partial charge on any atom is -0.484 e. The number of β-amino-alcohol motifs (C(OH)–C–C–N with tert-alkyl or cyclic N) is 1. The van der Waals surface area contributed by atoms with Gasteiger partial charge in [0.25, 0.3) is 0 Å². The molecule has 0 radical (unpaired) electrons. The highest BCUT2D eigenvalue weighted by Gasteiger charge is 2.21. The van der Waals surface area contributed by atoms with E-state index in [-0.39, 0.29) is 18.0 Å². The van der Waals surface area contributed by atoms with Crippen molar-refractivity contribution in [3.05, 3.63) is 69.8 Å². The van der Waals surface area contributed by atoms with Gasteiger partial charge in [-0.1, -0.05) is 36.4 Å². The van der Waals surface area contributed by atoms with Gasteiger partial charge in [-0.15, -0.1) is 0 Å². The highest BCUT2D eigenvalue weighted by Crippen LogP contribution is 2.26.